The largest absolute Gasteiger partial charge is 0.394 e. The molecule has 4 N–H and O–H groups in total. The van der Waals surface area contributed by atoms with Crippen LogP contribution < -0.4 is 16.4 Å². The molecule has 3 rings (SSSR count). The molecule has 0 atom stereocenters. The molecule has 0 bridgehead atoms. The number of unbranched alkanes of at least 4 members (excludes halogenated alkanes) is 1. The third-order valence-electron chi connectivity index (χ3n) is 4.86. The Hall–Kier alpha value is -3.65. The Morgan fingerprint density at radius 2 is 1.82 bits per heavy atom. The molecule has 2 aromatic heterocycles. The summed E-state index contributed by atoms with van der Waals surface area (Å²) < 4.78 is 0. The first-order valence-electron chi connectivity index (χ1n) is 10.6. The van der Waals surface area contributed by atoms with E-state index in [-0.39, 0.29) is 17.5 Å². The first-order chi connectivity index (χ1) is 15.9. The minimum absolute atomic E-state index is 0.244. The number of nitrogens with zero attached hydrogens (tertiary/aromatic N) is 2. The SMILES string of the molecule is C/C=C(\S/C(N)=C\CCC)c1ccc2cnc(NC(=O)c3ccc(C(=O)NC)nc3)cc2c1. The number of allylic oxidation sites excluding steroid dienone is 2. The van der Waals surface area contributed by atoms with Crippen molar-refractivity contribution in [2.75, 3.05) is 12.4 Å². The van der Waals surface area contributed by atoms with Crippen LogP contribution in [0.5, 0.6) is 0 Å². The van der Waals surface area contributed by atoms with E-state index in [1.807, 2.05) is 37.3 Å². The minimum atomic E-state index is -0.354. The fourth-order valence-corrected chi connectivity index (χ4v) is 3.90. The van der Waals surface area contributed by atoms with Crippen molar-refractivity contribution >= 4 is 45.1 Å². The van der Waals surface area contributed by atoms with Crippen LogP contribution in [0.15, 0.2) is 66.0 Å². The van der Waals surface area contributed by atoms with Crippen molar-refractivity contribution in [2.45, 2.75) is 26.7 Å². The zero-order chi connectivity index (χ0) is 23.8. The van der Waals surface area contributed by atoms with Crippen LogP contribution >= 0.6 is 11.8 Å². The van der Waals surface area contributed by atoms with Gasteiger partial charge in [-0.1, -0.05) is 49.4 Å². The standard InChI is InChI=1S/C25H27N5O2S/c1-4-6-7-22(26)33-21(5-2)16-8-9-17-14-29-23(13-19(17)12-16)30-24(31)18-10-11-20(28-15-18)25(32)27-3/h5,7-15H,4,6,26H2,1-3H3,(H,27,32)(H,29,30,31)/b21-5-,22-7-. The number of carbonyl (C=O) groups is 2. The Kier molecular flexibility index (Phi) is 8.21. The lowest BCUT2D eigenvalue weighted by molar-refractivity contribution is 0.0955. The molecule has 2 heterocycles. The van der Waals surface area contributed by atoms with Crippen LogP contribution in [0.25, 0.3) is 15.7 Å². The molecular weight excluding hydrogens is 434 g/mol. The van der Waals surface area contributed by atoms with Crippen molar-refractivity contribution in [3.8, 4) is 0 Å². The molecule has 8 heteroatoms. The first-order valence-corrected chi connectivity index (χ1v) is 11.5. The molecule has 0 aliphatic rings. The maximum absolute atomic E-state index is 12.6. The van der Waals surface area contributed by atoms with Gasteiger partial charge in [0.1, 0.15) is 11.5 Å². The van der Waals surface area contributed by atoms with Crippen molar-refractivity contribution in [1.29, 1.82) is 0 Å². The molecule has 0 radical (unpaired) electrons. The van der Waals surface area contributed by atoms with Crippen molar-refractivity contribution in [3.63, 3.8) is 0 Å². The molecule has 0 aliphatic heterocycles. The van der Waals surface area contributed by atoms with E-state index in [0.717, 1.165) is 39.1 Å². The molecule has 3 aromatic rings. The molecule has 2 amide bonds. The van der Waals surface area contributed by atoms with Crippen LogP contribution in [0.4, 0.5) is 5.82 Å². The van der Waals surface area contributed by atoms with Crippen LogP contribution in [-0.2, 0) is 0 Å². The summed E-state index contributed by atoms with van der Waals surface area (Å²) in [5.41, 5.74) is 7.77. The summed E-state index contributed by atoms with van der Waals surface area (Å²) in [6.45, 7) is 4.11. The highest BCUT2D eigenvalue weighted by Crippen LogP contribution is 2.33. The number of nitrogens with two attached hydrogens (primary N) is 1. The van der Waals surface area contributed by atoms with Crippen molar-refractivity contribution in [3.05, 3.63) is 82.8 Å². The van der Waals surface area contributed by atoms with E-state index in [9.17, 15) is 9.59 Å². The van der Waals surface area contributed by atoms with E-state index in [0.29, 0.717) is 11.4 Å². The summed E-state index contributed by atoms with van der Waals surface area (Å²) in [4.78, 5) is 33.7. The number of anilines is 1. The number of amides is 2. The van der Waals surface area contributed by atoms with Gasteiger partial charge in [0.25, 0.3) is 11.8 Å². The quantitative estimate of drug-likeness (QED) is 0.438. The fraction of sp³-hybridized carbons (Fsp3) is 0.200. The number of nitrogens with one attached hydrogen (secondary N) is 2. The van der Waals surface area contributed by atoms with E-state index in [1.54, 1.807) is 24.0 Å². The van der Waals surface area contributed by atoms with Gasteiger partial charge in [-0.2, -0.15) is 0 Å². The summed E-state index contributed by atoms with van der Waals surface area (Å²) in [5.74, 6) is -0.236. The molecule has 0 saturated heterocycles. The van der Waals surface area contributed by atoms with Gasteiger partial charge in [-0.15, -0.1) is 0 Å². The number of rotatable bonds is 8. The molecular formula is C25H27N5O2S. The van der Waals surface area contributed by atoms with Crippen LogP contribution in [0.1, 0.15) is 53.1 Å². The van der Waals surface area contributed by atoms with Crippen molar-refractivity contribution in [2.24, 2.45) is 5.73 Å². The number of hydrogen-bond donors (Lipinski definition) is 3. The van der Waals surface area contributed by atoms with E-state index in [4.69, 9.17) is 5.73 Å². The summed E-state index contributed by atoms with van der Waals surface area (Å²) in [6.07, 6.45) is 9.18. The topological polar surface area (TPSA) is 110 Å². The Bertz CT molecular complexity index is 1220. The number of thioether (sulfide) groups is 1. The van der Waals surface area contributed by atoms with Crippen LogP contribution in [0.2, 0.25) is 0 Å². The predicted molar refractivity (Wildman–Crippen MR) is 136 cm³/mol. The van der Waals surface area contributed by atoms with Crippen LogP contribution in [-0.4, -0.2) is 28.8 Å². The highest BCUT2D eigenvalue weighted by Gasteiger charge is 2.11. The van der Waals surface area contributed by atoms with Gasteiger partial charge in [0.15, 0.2) is 0 Å². The maximum atomic E-state index is 12.6. The Labute approximate surface area is 197 Å². The van der Waals surface area contributed by atoms with Crippen LogP contribution in [0, 0.1) is 0 Å². The van der Waals surface area contributed by atoms with Crippen molar-refractivity contribution in [1.82, 2.24) is 15.3 Å². The summed E-state index contributed by atoms with van der Waals surface area (Å²) in [6, 6.07) is 11.0. The maximum Gasteiger partial charge on any atom is 0.269 e. The Morgan fingerprint density at radius 3 is 2.48 bits per heavy atom. The lowest BCUT2D eigenvalue weighted by atomic mass is 10.1. The zero-order valence-electron chi connectivity index (χ0n) is 18.9. The number of hydrogen-bond acceptors (Lipinski definition) is 6. The number of aromatic nitrogens is 2. The van der Waals surface area contributed by atoms with Gasteiger partial charge in [0, 0.05) is 29.7 Å². The molecule has 1 aromatic carbocycles. The smallest absolute Gasteiger partial charge is 0.269 e. The van der Waals surface area contributed by atoms with Gasteiger partial charge in [-0.25, -0.2) is 4.98 Å². The molecule has 7 nitrogen and oxygen atoms in total. The summed E-state index contributed by atoms with van der Waals surface area (Å²) in [5, 5.41) is 7.98. The van der Waals surface area contributed by atoms with Crippen LogP contribution in [0.3, 0.4) is 0 Å². The predicted octanol–water partition coefficient (Wildman–Crippen LogP) is 4.94. The van der Waals surface area contributed by atoms with Crippen molar-refractivity contribution < 1.29 is 9.59 Å². The van der Waals surface area contributed by atoms with Gasteiger partial charge in [-0.05, 0) is 48.6 Å². The van der Waals surface area contributed by atoms with E-state index >= 15 is 0 Å². The van der Waals surface area contributed by atoms with E-state index in [2.05, 4.69) is 33.6 Å². The molecule has 0 spiro atoms. The molecule has 170 valence electrons. The average molecular weight is 462 g/mol. The lowest BCUT2D eigenvalue weighted by Gasteiger charge is -2.10. The van der Waals surface area contributed by atoms with Gasteiger partial charge in [0.2, 0.25) is 0 Å². The summed E-state index contributed by atoms with van der Waals surface area (Å²) in [7, 11) is 1.53. The Morgan fingerprint density at radius 1 is 1.03 bits per heavy atom. The van der Waals surface area contributed by atoms with Gasteiger partial charge in [-0.3, -0.25) is 14.6 Å². The number of pyridine rings is 2. The zero-order valence-corrected chi connectivity index (χ0v) is 19.7. The van der Waals surface area contributed by atoms with E-state index < -0.39 is 0 Å². The monoisotopic (exact) mass is 461 g/mol. The van der Waals surface area contributed by atoms with Gasteiger partial charge in [0.05, 0.1) is 10.6 Å². The molecule has 0 unspecified atom stereocenters. The number of benzene rings is 1. The average Bonchev–Trinajstić information content (AvgIpc) is 2.85. The van der Waals surface area contributed by atoms with Gasteiger partial charge < -0.3 is 16.4 Å². The summed E-state index contributed by atoms with van der Waals surface area (Å²) >= 11 is 1.54. The lowest BCUT2D eigenvalue weighted by Crippen LogP contribution is -2.20. The molecule has 33 heavy (non-hydrogen) atoms. The normalized spacial score (nSPS) is 12.0. The third-order valence-corrected chi connectivity index (χ3v) is 5.95. The first kappa shape index (κ1) is 24.0. The highest BCUT2D eigenvalue weighted by atomic mass is 32.2. The van der Waals surface area contributed by atoms with E-state index in [1.165, 1.54) is 19.3 Å². The van der Waals surface area contributed by atoms with Gasteiger partial charge >= 0.3 is 0 Å². The number of fused-ring (bicyclic) bond motifs is 1. The Balaban J connectivity index is 1.80. The second-order valence-corrected chi connectivity index (χ2v) is 8.36. The fourth-order valence-electron chi connectivity index (χ4n) is 3.08. The second kappa shape index (κ2) is 11.3. The third kappa shape index (κ3) is 6.20. The molecule has 0 aliphatic carbocycles. The highest BCUT2D eigenvalue weighted by molar-refractivity contribution is 8.11. The minimum Gasteiger partial charge on any atom is -0.394 e. The molecule has 0 saturated carbocycles. The second-order valence-electron chi connectivity index (χ2n) is 7.25. The number of carbonyl (C=O) groups excluding carboxylic acids is 2. The molecule has 0 fully saturated rings.